The molecule has 0 saturated heterocycles. The van der Waals surface area contributed by atoms with Gasteiger partial charge in [0, 0.05) is 16.8 Å². The summed E-state index contributed by atoms with van der Waals surface area (Å²) in [6, 6.07) is 8.72. The molecule has 1 aromatic heterocycles. The molecule has 0 unspecified atom stereocenters. The molecule has 4 nitrogen and oxygen atoms in total. The quantitative estimate of drug-likeness (QED) is 0.448. The Morgan fingerprint density at radius 2 is 1.53 bits per heavy atom. The number of alkyl halides is 6. The molecule has 0 saturated carbocycles. The molecule has 1 N–H and O–H groups in total. The van der Waals surface area contributed by atoms with E-state index in [2.05, 4.69) is 10.4 Å². The van der Waals surface area contributed by atoms with Gasteiger partial charge in [0.15, 0.2) is 5.69 Å². The summed E-state index contributed by atoms with van der Waals surface area (Å²) in [4.78, 5) is 12.3. The Kier molecular flexibility index (Phi) is 5.74. The lowest BCUT2D eigenvalue weighted by molar-refractivity contribution is -0.143. The minimum absolute atomic E-state index is 0.0643. The van der Waals surface area contributed by atoms with E-state index in [1.165, 1.54) is 30.3 Å². The molecule has 3 aromatic rings. The molecule has 3 rings (SSSR count). The number of amides is 1. The van der Waals surface area contributed by atoms with Crippen molar-refractivity contribution in [2.24, 2.45) is 0 Å². The van der Waals surface area contributed by atoms with Crippen molar-refractivity contribution >= 4 is 34.8 Å². The highest BCUT2D eigenvalue weighted by Gasteiger charge is 2.42. The van der Waals surface area contributed by atoms with Crippen LogP contribution in [0.2, 0.25) is 10.0 Å². The van der Waals surface area contributed by atoms with Gasteiger partial charge in [0.1, 0.15) is 5.69 Å². The molecule has 2 aromatic carbocycles. The highest BCUT2D eigenvalue weighted by molar-refractivity contribution is 6.36. The average molecular weight is 468 g/mol. The number of nitrogens with one attached hydrogen (secondary N) is 1. The lowest BCUT2D eigenvalue weighted by atomic mass is 10.2. The fourth-order valence-electron chi connectivity index (χ4n) is 2.47. The second-order valence-corrected chi connectivity index (χ2v) is 6.79. The van der Waals surface area contributed by atoms with Crippen LogP contribution in [-0.2, 0) is 12.4 Å². The summed E-state index contributed by atoms with van der Waals surface area (Å²) in [5.41, 5.74) is -3.32. The van der Waals surface area contributed by atoms with E-state index in [0.29, 0.717) is 0 Å². The maximum absolute atomic E-state index is 13.1. The van der Waals surface area contributed by atoms with Gasteiger partial charge in [0.25, 0.3) is 5.91 Å². The number of nitrogens with zero attached hydrogens (tertiary/aromatic N) is 2. The van der Waals surface area contributed by atoms with Gasteiger partial charge >= 0.3 is 12.4 Å². The van der Waals surface area contributed by atoms with Crippen LogP contribution in [0.1, 0.15) is 21.7 Å². The van der Waals surface area contributed by atoms with Gasteiger partial charge in [0.05, 0.1) is 16.3 Å². The van der Waals surface area contributed by atoms with Gasteiger partial charge < -0.3 is 5.32 Å². The van der Waals surface area contributed by atoms with Crippen molar-refractivity contribution in [3.05, 3.63) is 75.5 Å². The number of aromatic nitrogens is 2. The first-order valence-corrected chi connectivity index (χ1v) is 8.73. The summed E-state index contributed by atoms with van der Waals surface area (Å²) < 4.78 is 78.0. The van der Waals surface area contributed by atoms with Gasteiger partial charge in [-0.15, -0.1) is 0 Å². The molecule has 158 valence electrons. The Bertz CT molecular complexity index is 1090. The standard InChI is InChI=1S/C18H9Cl2F6N3O/c19-9-1-6-13(20)12(7-9)16(30)27-10-2-4-11(5-3-10)29-15(18(24,25)26)8-14(28-29)17(21,22)23/h1-8H,(H,27,30). The van der Waals surface area contributed by atoms with E-state index < -0.39 is 29.6 Å². The Balaban J connectivity index is 1.90. The number of hydrogen-bond donors (Lipinski definition) is 1. The Labute approximate surface area is 175 Å². The molecule has 0 aliphatic rings. The minimum Gasteiger partial charge on any atom is -0.322 e. The van der Waals surface area contributed by atoms with Crippen molar-refractivity contribution in [1.29, 1.82) is 0 Å². The topological polar surface area (TPSA) is 46.9 Å². The van der Waals surface area contributed by atoms with Crippen LogP contribution >= 0.6 is 23.2 Å². The number of carbonyl (C=O) groups is 1. The Morgan fingerprint density at radius 3 is 2.10 bits per heavy atom. The lowest BCUT2D eigenvalue weighted by Crippen LogP contribution is -2.14. The van der Waals surface area contributed by atoms with Crippen LogP contribution < -0.4 is 5.32 Å². The van der Waals surface area contributed by atoms with Crippen LogP contribution in [0, 0.1) is 0 Å². The van der Waals surface area contributed by atoms with Gasteiger partial charge in [-0.2, -0.15) is 31.4 Å². The first-order chi connectivity index (χ1) is 13.9. The first-order valence-electron chi connectivity index (χ1n) is 7.97. The van der Waals surface area contributed by atoms with Gasteiger partial charge in [-0.1, -0.05) is 23.2 Å². The van der Waals surface area contributed by atoms with Crippen molar-refractivity contribution in [2.45, 2.75) is 12.4 Å². The van der Waals surface area contributed by atoms with E-state index in [0.717, 1.165) is 12.1 Å². The maximum Gasteiger partial charge on any atom is 0.435 e. The van der Waals surface area contributed by atoms with E-state index in [4.69, 9.17) is 23.2 Å². The molecule has 0 radical (unpaired) electrons. The normalized spacial score (nSPS) is 12.1. The fourth-order valence-corrected chi connectivity index (χ4v) is 2.85. The molecule has 12 heteroatoms. The molecular formula is C18H9Cl2F6N3O. The van der Waals surface area contributed by atoms with Gasteiger partial charge in [0.2, 0.25) is 0 Å². The number of halogens is 8. The van der Waals surface area contributed by atoms with Crippen LogP contribution in [0.4, 0.5) is 32.0 Å². The van der Waals surface area contributed by atoms with E-state index >= 15 is 0 Å². The molecule has 0 bridgehead atoms. The second-order valence-electron chi connectivity index (χ2n) is 5.95. The summed E-state index contributed by atoms with van der Waals surface area (Å²) in [5, 5.41) is 5.88. The molecule has 0 fully saturated rings. The monoisotopic (exact) mass is 467 g/mol. The molecule has 1 amide bonds. The van der Waals surface area contributed by atoms with Crippen LogP contribution in [0.15, 0.2) is 48.5 Å². The summed E-state index contributed by atoms with van der Waals surface area (Å²) in [7, 11) is 0. The molecule has 30 heavy (non-hydrogen) atoms. The number of anilines is 1. The van der Waals surface area contributed by atoms with E-state index in [-0.39, 0.29) is 37.7 Å². The molecule has 0 aliphatic carbocycles. The van der Waals surface area contributed by atoms with Crippen molar-refractivity contribution < 1.29 is 31.1 Å². The van der Waals surface area contributed by atoms with Crippen molar-refractivity contribution in [3.8, 4) is 5.69 Å². The SMILES string of the molecule is O=C(Nc1ccc(-n2nc(C(F)(F)F)cc2C(F)(F)F)cc1)c1cc(Cl)ccc1Cl. The van der Waals surface area contributed by atoms with E-state index in [1.54, 1.807) is 0 Å². The van der Waals surface area contributed by atoms with Crippen LogP contribution in [0.5, 0.6) is 0 Å². The van der Waals surface area contributed by atoms with Crippen LogP contribution in [0.3, 0.4) is 0 Å². The first kappa shape index (κ1) is 22.0. The third-order valence-electron chi connectivity index (χ3n) is 3.83. The summed E-state index contributed by atoms with van der Waals surface area (Å²) in [5.74, 6) is -0.635. The molecule has 0 spiro atoms. The zero-order chi connectivity index (χ0) is 22.3. The van der Waals surface area contributed by atoms with Crippen molar-refractivity contribution in [1.82, 2.24) is 9.78 Å². The van der Waals surface area contributed by atoms with Crippen LogP contribution in [0.25, 0.3) is 5.69 Å². The van der Waals surface area contributed by atoms with E-state index in [1.807, 2.05) is 0 Å². The molecule has 1 heterocycles. The van der Waals surface area contributed by atoms with Crippen LogP contribution in [-0.4, -0.2) is 15.7 Å². The van der Waals surface area contributed by atoms with Crippen molar-refractivity contribution in [3.63, 3.8) is 0 Å². The predicted octanol–water partition coefficient (Wildman–Crippen LogP) is 6.47. The highest BCUT2D eigenvalue weighted by atomic mass is 35.5. The molecular weight excluding hydrogens is 459 g/mol. The zero-order valence-electron chi connectivity index (χ0n) is 14.4. The summed E-state index contributed by atoms with van der Waals surface area (Å²) >= 11 is 11.8. The Morgan fingerprint density at radius 1 is 0.900 bits per heavy atom. The third-order valence-corrected chi connectivity index (χ3v) is 4.40. The fraction of sp³-hybridized carbons (Fsp3) is 0.111. The maximum atomic E-state index is 13.1. The summed E-state index contributed by atoms with van der Waals surface area (Å²) in [6.45, 7) is 0. The summed E-state index contributed by atoms with van der Waals surface area (Å²) in [6.07, 6.45) is -10.1. The smallest absolute Gasteiger partial charge is 0.322 e. The number of rotatable bonds is 3. The Hall–Kier alpha value is -2.72. The van der Waals surface area contributed by atoms with Crippen molar-refractivity contribution in [2.75, 3.05) is 5.32 Å². The van der Waals surface area contributed by atoms with E-state index in [9.17, 15) is 31.1 Å². The largest absolute Gasteiger partial charge is 0.435 e. The lowest BCUT2D eigenvalue weighted by Gasteiger charge is -2.11. The van der Waals surface area contributed by atoms with Gasteiger partial charge in [-0.25, -0.2) is 4.68 Å². The zero-order valence-corrected chi connectivity index (χ0v) is 16.0. The highest BCUT2D eigenvalue weighted by Crippen LogP contribution is 2.36. The number of carbonyl (C=O) groups excluding carboxylic acids is 1. The second kappa shape index (κ2) is 7.84. The minimum atomic E-state index is -5.06. The molecule has 0 atom stereocenters. The number of benzene rings is 2. The molecule has 0 aliphatic heterocycles. The number of hydrogen-bond acceptors (Lipinski definition) is 2. The van der Waals surface area contributed by atoms with Gasteiger partial charge in [-0.05, 0) is 42.5 Å². The average Bonchev–Trinajstić information content (AvgIpc) is 3.10. The third kappa shape index (κ3) is 4.71. The van der Waals surface area contributed by atoms with Gasteiger partial charge in [-0.3, -0.25) is 4.79 Å². The predicted molar refractivity (Wildman–Crippen MR) is 98.0 cm³/mol.